The van der Waals surface area contributed by atoms with Gasteiger partial charge in [0.15, 0.2) is 5.78 Å². The van der Waals surface area contributed by atoms with Crippen LogP contribution in [0.3, 0.4) is 0 Å². The Labute approximate surface area is 120 Å². The summed E-state index contributed by atoms with van der Waals surface area (Å²) in [4.78, 5) is 11.9. The Bertz CT molecular complexity index is 685. The van der Waals surface area contributed by atoms with Crippen molar-refractivity contribution in [1.29, 1.82) is 0 Å². The quantitative estimate of drug-likeness (QED) is 0.626. The number of rotatable bonds is 5. The molecular formula is C15H17O4S-. The zero-order valence-corrected chi connectivity index (χ0v) is 12.6. The van der Waals surface area contributed by atoms with Crippen molar-refractivity contribution < 1.29 is 18.0 Å². The first-order chi connectivity index (χ1) is 9.49. The molecule has 0 fully saturated rings. The summed E-state index contributed by atoms with van der Waals surface area (Å²) in [5, 5.41) is 0.739. The fraction of sp³-hybridized carbons (Fsp3) is 0.400. The van der Waals surface area contributed by atoms with Crippen LogP contribution in [0.4, 0.5) is 0 Å². The minimum absolute atomic E-state index is 0.126. The first-order valence-corrected chi connectivity index (χ1v) is 7.75. The highest BCUT2D eigenvalue weighted by Gasteiger charge is 2.18. The second kappa shape index (κ2) is 5.89. The van der Waals surface area contributed by atoms with Gasteiger partial charge in [-0.05, 0) is 43.0 Å². The normalized spacial score (nSPS) is 12.8. The summed E-state index contributed by atoms with van der Waals surface area (Å²) in [5.74, 6) is 0.656. The molecule has 1 aromatic carbocycles. The third-order valence-electron chi connectivity index (χ3n) is 3.35. The van der Waals surface area contributed by atoms with E-state index in [0.29, 0.717) is 11.1 Å². The van der Waals surface area contributed by atoms with Gasteiger partial charge >= 0.3 is 0 Å². The molecule has 0 amide bonds. The van der Waals surface area contributed by atoms with Crippen molar-refractivity contribution in [3.63, 3.8) is 0 Å². The first-order valence-electron chi connectivity index (χ1n) is 6.68. The maximum atomic E-state index is 11.7. The van der Waals surface area contributed by atoms with Gasteiger partial charge in [0.2, 0.25) is 0 Å². The molecular weight excluding hydrogens is 276 g/mol. The molecule has 0 saturated heterocycles. The van der Waals surface area contributed by atoms with E-state index in [1.54, 1.807) is 6.07 Å². The first kappa shape index (κ1) is 14.9. The van der Waals surface area contributed by atoms with Crippen LogP contribution in [0.25, 0.3) is 11.0 Å². The lowest BCUT2D eigenvalue weighted by molar-refractivity contribution is 0.101. The number of carbonyl (C=O) groups is 1. The summed E-state index contributed by atoms with van der Waals surface area (Å²) < 4.78 is 28.3. The lowest BCUT2D eigenvalue weighted by Gasteiger charge is -2.07. The van der Waals surface area contributed by atoms with Crippen molar-refractivity contribution in [2.75, 3.05) is 0 Å². The van der Waals surface area contributed by atoms with Gasteiger partial charge in [-0.1, -0.05) is 13.8 Å². The summed E-state index contributed by atoms with van der Waals surface area (Å²) in [6, 6.07) is 2.97. The standard InChI is InChI=1S/C15H18O4S/c1-4-6-14-11(5-2)13-8-10(20(17)18)7-12(9(3)16)15(13)19-14/h7-8H,4-6H2,1-3H3,(H,17,18)/p-1. The molecule has 1 atom stereocenters. The van der Waals surface area contributed by atoms with Crippen molar-refractivity contribution in [2.45, 2.75) is 44.9 Å². The molecule has 20 heavy (non-hydrogen) atoms. The van der Waals surface area contributed by atoms with E-state index < -0.39 is 11.1 Å². The van der Waals surface area contributed by atoms with Gasteiger partial charge in [-0.25, -0.2) is 0 Å². The fourth-order valence-corrected chi connectivity index (χ4v) is 2.87. The minimum atomic E-state index is -2.36. The van der Waals surface area contributed by atoms with E-state index in [9.17, 15) is 13.6 Å². The largest absolute Gasteiger partial charge is 0.768 e. The Morgan fingerprint density at radius 1 is 1.35 bits per heavy atom. The number of hydrogen-bond acceptors (Lipinski definition) is 4. The number of aryl methyl sites for hydroxylation is 2. The molecule has 2 aromatic rings. The second-order valence-corrected chi connectivity index (χ2v) is 5.69. The van der Waals surface area contributed by atoms with Crippen LogP contribution in [0, 0.1) is 0 Å². The molecule has 2 rings (SSSR count). The van der Waals surface area contributed by atoms with E-state index in [1.165, 1.54) is 13.0 Å². The number of Topliss-reactive ketones (excluding diaryl/α,β-unsaturated/α-hetero) is 1. The molecule has 0 saturated carbocycles. The smallest absolute Gasteiger partial charge is 0.163 e. The molecule has 5 heteroatoms. The zero-order chi connectivity index (χ0) is 14.9. The van der Waals surface area contributed by atoms with E-state index in [-0.39, 0.29) is 10.7 Å². The predicted molar refractivity (Wildman–Crippen MR) is 76.8 cm³/mol. The number of hydrogen-bond donors (Lipinski definition) is 0. The summed E-state index contributed by atoms with van der Waals surface area (Å²) >= 11 is -2.36. The van der Waals surface area contributed by atoms with E-state index in [0.717, 1.165) is 36.0 Å². The number of furan rings is 1. The third kappa shape index (κ3) is 2.55. The highest BCUT2D eigenvalue weighted by molar-refractivity contribution is 7.79. The molecule has 1 heterocycles. The van der Waals surface area contributed by atoms with Crippen LogP contribution >= 0.6 is 0 Å². The van der Waals surface area contributed by atoms with E-state index in [4.69, 9.17) is 4.42 Å². The molecule has 108 valence electrons. The average Bonchev–Trinajstić information content (AvgIpc) is 2.74. The zero-order valence-electron chi connectivity index (χ0n) is 11.8. The van der Waals surface area contributed by atoms with Gasteiger partial charge in [0.05, 0.1) is 5.56 Å². The number of benzene rings is 1. The van der Waals surface area contributed by atoms with Crippen molar-refractivity contribution >= 4 is 27.8 Å². The fourth-order valence-electron chi connectivity index (χ4n) is 2.45. The maximum absolute atomic E-state index is 11.7. The van der Waals surface area contributed by atoms with Crippen molar-refractivity contribution in [3.05, 3.63) is 29.0 Å². The molecule has 0 spiro atoms. The van der Waals surface area contributed by atoms with Gasteiger partial charge < -0.3 is 8.97 Å². The highest BCUT2D eigenvalue weighted by atomic mass is 32.2. The number of ketones is 1. The molecule has 0 aliphatic rings. The van der Waals surface area contributed by atoms with E-state index >= 15 is 0 Å². The maximum Gasteiger partial charge on any atom is 0.163 e. The van der Waals surface area contributed by atoms with Crippen molar-refractivity contribution in [2.24, 2.45) is 0 Å². The summed E-state index contributed by atoms with van der Waals surface area (Å²) in [6.07, 6.45) is 2.46. The molecule has 1 aromatic heterocycles. The number of carbonyl (C=O) groups excluding carboxylic acids is 1. The Kier molecular flexibility index (Phi) is 4.40. The van der Waals surface area contributed by atoms with Crippen LogP contribution in [0.2, 0.25) is 0 Å². The van der Waals surface area contributed by atoms with Crippen molar-refractivity contribution in [1.82, 2.24) is 0 Å². The number of fused-ring (bicyclic) bond motifs is 1. The average molecular weight is 293 g/mol. The van der Waals surface area contributed by atoms with Crippen LogP contribution in [0.1, 0.15) is 48.9 Å². The van der Waals surface area contributed by atoms with Gasteiger partial charge in [0, 0.05) is 22.3 Å². The summed E-state index contributed by atoms with van der Waals surface area (Å²) in [5.41, 5.74) is 1.84. The summed E-state index contributed by atoms with van der Waals surface area (Å²) in [6.45, 7) is 5.47. The monoisotopic (exact) mass is 293 g/mol. The molecule has 0 aliphatic carbocycles. The van der Waals surface area contributed by atoms with E-state index in [2.05, 4.69) is 6.92 Å². The predicted octanol–water partition coefficient (Wildman–Crippen LogP) is 3.39. The molecule has 4 nitrogen and oxygen atoms in total. The van der Waals surface area contributed by atoms with Crippen molar-refractivity contribution in [3.8, 4) is 0 Å². The second-order valence-electron chi connectivity index (χ2n) is 4.75. The Hall–Kier alpha value is -1.46. The molecule has 0 radical (unpaired) electrons. The molecule has 1 unspecified atom stereocenters. The topological polar surface area (TPSA) is 70.3 Å². The molecule has 0 aliphatic heterocycles. The van der Waals surface area contributed by atoms with E-state index in [1.807, 2.05) is 6.92 Å². The van der Waals surface area contributed by atoms with Crippen LogP contribution < -0.4 is 0 Å². The highest BCUT2D eigenvalue weighted by Crippen LogP contribution is 2.32. The van der Waals surface area contributed by atoms with Crippen LogP contribution in [-0.4, -0.2) is 14.5 Å². The van der Waals surface area contributed by atoms with Crippen LogP contribution in [-0.2, 0) is 23.9 Å². The van der Waals surface area contributed by atoms with Crippen LogP contribution in [0.5, 0.6) is 0 Å². The Morgan fingerprint density at radius 3 is 2.55 bits per heavy atom. The third-order valence-corrected chi connectivity index (χ3v) is 3.97. The van der Waals surface area contributed by atoms with Gasteiger partial charge in [-0.2, -0.15) is 0 Å². The minimum Gasteiger partial charge on any atom is -0.768 e. The van der Waals surface area contributed by atoms with Crippen LogP contribution in [0.15, 0.2) is 21.4 Å². The van der Waals surface area contributed by atoms with Gasteiger partial charge in [-0.3, -0.25) is 9.00 Å². The Balaban J connectivity index is 2.82. The molecule has 0 N–H and O–H groups in total. The van der Waals surface area contributed by atoms with Gasteiger partial charge in [0.25, 0.3) is 0 Å². The van der Waals surface area contributed by atoms with Gasteiger partial charge in [-0.15, -0.1) is 0 Å². The lowest BCUT2D eigenvalue weighted by Crippen LogP contribution is -1.97. The Morgan fingerprint density at radius 2 is 2.05 bits per heavy atom. The molecule has 0 bridgehead atoms. The SMILES string of the molecule is CCCc1oc2c(C(C)=O)cc(S(=O)[O-])cc2c1CC. The van der Waals surface area contributed by atoms with Gasteiger partial charge in [0.1, 0.15) is 11.3 Å². The summed E-state index contributed by atoms with van der Waals surface area (Å²) in [7, 11) is 0. The lowest BCUT2D eigenvalue weighted by atomic mass is 10.0.